The molecule has 0 aliphatic heterocycles. The van der Waals surface area contributed by atoms with Gasteiger partial charge in [0.15, 0.2) is 0 Å². The molecule has 0 bridgehead atoms. The number of alkyl halides is 1. The topological polar surface area (TPSA) is 9.23 Å². The second-order valence-corrected chi connectivity index (χ2v) is 3.66. The van der Waals surface area contributed by atoms with Crippen LogP contribution >= 0.6 is 15.9 Å². The summed E-state index contributed by atoms with van der Waals surface area (Å²) in [5, 5.41) is 1.10. The van der Waals surface area contributed by atoms with Crippen LogP contribution in [-0.2, 0) is 4.74 Å². The van der Waals surface area contributed by atoms with E-state index in [0.29, 0.717) is 5.92 Å². The van der Waals surface area contributed by atoms with Crippen LogP contribution in [0.3, 0.4) is 0 Å². The Kier molecular flexibility index (Phi) is 7.88. The van der Waals surface area contributed by atoms with Gasteiger partial charge in [0.25, 0.3) is 0 Å². The zero-order valence-corrected chi connectivity index (χ0v) is 8.49. The lowest BCUT2D eigenvalue weighted by Gasteiger charge is -2.04. The molecule has 0 aromatic carbocycles. The Morgan fingerprint density at radius 2 is 2.00 bits per heavy atom. The van der Waals surface area contributed by atoms with Crippen molar-refractivity contribution in [2.75, 3.05) is 18.5 Å². The van der Waals surface area contributed by atoms with Crippen molar-refractivity contribution in [3.8, 4) is 0 Å². The highest BCUT2D eigenvalue weighted by molar-refractivity contribution is 9.09. The fourth-order valence-corrected chi connectivity index (χ4v) is 1.01. The van der Waals surface area contributed by atoms with Gasteiger partial charge in [-0.1, -0.05) is 29.8 Å². The molecule has 0 saturated heterocycles. The first-order chi connectivity index (χ1) is 4.77. The van der Waals surface area contributed by atoms with E-state index in [9.17, 15) is 0 Å². The molecule has 0 saturated carbocycles. The van der Waals surface area contributed by atoms with Crippen LogP contribution in [-0.4, -0.2) is 18.5 Å². The van der Waals surface area contributed by atoms with E-state index in [1.165, 1.54) is 12.8 Å². The Hall–Kier alpha value is 0.440. The maximum Gasteiger partial charge on any atom is 0.0488 e. The largest absolute Gasteiger partial charge is 0.381 e. The molecule has 0 fully saturated rings. The highest BCUT2D eigenvalue weighted by atomic mass is 79.9. The molecule has 10 heavy (non-hydrogen) atoms. The van der Waals surface area contributed by atoms with Crippen LogP contribution in [0.1, 0.15) is 26.7 Å². The number of unbranched alkanes of at least 4 members (excludes halogenated alkanes) is 1. The first-order valence-corrected chi connectivity index (χ1v) is 5.03. The first kappa shape index (κ1) is 10.4. The average Bonchev–Trinajstić information content (AvgIpc) is 1.87. The third-order valence-corrected chi connectivity index (χ3v) is 1.68. The molecular weight excluding hydrogens is 192 g/mol. The summed E-state index contributed by atoms with van der Waals surface area (Å²) in [6, 6.07) is 0. The van der Waals surface area contributed by atoms with Gasteiger partial charge in [0.2, 0.25) is 0 Å². The number of hydrogen-bond donors (Lipinski definition) is 0. The van der Waals surface area contributed by atoms with E-state index in [1.54, 1.807) is 0 Å². The van der Waals surface area contributed by atoms with Crippen molar-refractivity contribution >= 4 is 15.9 Å². The van der Waals surface area contributed by atoms with E-state index >= 15 is 0 Å². The summed E-state index contributed by atoms with van der Waals surface area (Å²) in [4.78, 5) is 0. The van der Waals surface area contributed by atoms with E-state index < -0.39 is 0 Å². The van der Waals surface area contributed by atoms with E-state index in [0.717, 1.165) is 18.5 Å². The van der Waals surface area contributed by atoms with Crippen molar-refractivity contribution < 1.29 is 4.74 Å². The van der Waals surface area contributed by atoms with Gasteiger partial charge < -0.3 is 4.74 Å². The summed E-state index contributed by atoms with van der Waals surface area (Å²) in [7, 11) is 0. The molecule has 0 heterocycles. The molecule has 2 heteroatoms. The van der Waals surface area contributed by atoms with Crippen LogP contribution in [0, 0.1) is 5.92 Å². The molecule has 0 radical (unpaired) electrons. The molecule has 0 amide bonds. The lowest BCUT2D eigenvalue weighted by atomic mass is 10.2. The van der Waals surface area contributed by atoms with Crippen LogP contribution < -0.4 is 0 Å². The monoisotopic (exact) mass is 208 g/mol. The lowest BCUT2D eigenvalue weighted by molar-refractivity contribution is 0.108. The Bertz CT molecular complexity index is 64.3. The number of halogens is 1. The minimum absolute atomic E-state index is 0.670. The van der Waals surface area contributed by atoms with Crippen molar-refractivity contribution in [2.45, 2.75) is 26.7 Å². The maximum absolute atomic E-state index is 5.38. The molecule has 1 nitrogen and oxygen atoms in total. The molecule has 62 valence electrons. The molecule has 0 aliphatic rings. The average molecular weight is 209 g/mol. The fourth-order valence-electron chi connectivity index (χ4n) is 0.618. The van der Waals surface area contributed by atoms with Gasteiger partial charge in [-0.2, -0.15) is 0 Å². The zero-order valence-electron chi connectivity index (χ0n) is 6.90. The predicted octanol–water partition coefficient (Wildman–Crippen LogP) is 2.83. The quantitative estimate of drug-likeness (QED) is 0.482. The third-order valence-electron chi connectivity index (χ3n) is 1.12. The molecule has 0 aliphatic carbocycles. The smallest absolute Gasteiger partial charge is 0.0488 e. The second kappa shape index (κ2) is 7.55. The fraction of sp³-hybridized carbons (Fsp3) is 1.00. The van der Waals surface area contributed by atoms with Crippen LogP contribution in [0.5, 0.6) is 0 Å². The van der Waals surface area contributed by atoms with Crippen LogP contribution in [0.15, 0.2) is 0 Å². The standard InChI is InChI=1S/C8H17BrO/c1-8(2)7-10-6-4-3-5-9/h8H,3-7H2,1-2H3. The van der Waals surface area contributed by atoms with Gasteiger partial charge in [-0.25, -0.2) is 0 Å². The van der Waals surface area contributed by atoms with Gasteiger partial charge in [0, 0.05) is 18.5 Å². The predicted molar refractivity (Wildman–Crippen MR) is 48.7 cm³/mol. The molecule has 0 spiro atoms. The Balaban J connectivity index is 2.77. The van der Waals surface area contributed by atoms with E-state index in [1.807, 2.05) is 0 Å². The third kappa shape index (κ3) is 8.44. The summed E-state index contributed by atoms with van der Waals surface area (Å²) in [5.74, 6) is 0.670. The number of rotatable bonds is 6. The van der Waals surface area contributed by atoms with E-state index in [-0.39, 0.29) is 0 Å². The van der Waals surface area contributed by atoms with Gasteiger partial charge in [-0.05, 0) is 18.8 Å². The van der Waals surface area contributed by atoms with Crippen molar-refractivity contribution in [3.63, 3.8) is 0 Å². The number of hydrogen-bond acceptors (Lipinski definition) is 1. The minimum atomic E-state index is 0.670. The Morgan fingerprint density at radius 3 is 2.50 bits per heavy atom. The van der Waals surface area contributed by atoms with E-state index in [4.69, 9.17) is 4.74 Å². The molecule has 0 N–H and O–H groups in total. The van der Waals surface area contributed by atoms with Gasteiger partial charge in [-0.3, -0.25) is 0 Å². The van der Waals surface area contributed by atoms with E-state index in [2.05, 4.69) is 29.8 Å². The molecule has 0 aromatic rings. The Morgan fingerprint density at radius 1 is 1.30 bits per heavy atom. The van der Waals surface area contributed by atoms with Crippen molar-refractivity contribution in [1.29, 1.82) is 0 Å². The minimum Gasteiger partial charge on any atom is -0.381 e. The highest BCUT2D eigenvalue weighted by Gasteiger charge is 1.92. The van der Waals surface area contributed by atoms with Gasteiger partial charge >= 0.3 is 0 Å². The van der Waals surface area contributed by atoms with Gasteiger partial charge in [0.1, 0.15) is 0 Å². The van der Waals surface area contributed by atoms with Crippen LogP contribution in [0.25, 0.3) is 0 Å². The summed E-state index contributed by atoms with van der Waals surface area (Å²) >= 11 is 3.37. The van der Waals surface area contributed by atoms with Crippen LogP contribution in [0.4, 0.5) is 0 Å². The van der Waals surface area contributed by atoms with Crippen molar-refractivity contribution in [3.05, 3.63) is 0 Å². The summed E-state index contributed by atoms with van der Waals surface area (Å²) in [5.41, 5.74) is 0. The summed E-state index contributed by atoms with van der Waals surface area (Å²) in [6.07, 6.45) is 2.40. The van der Waals surface area contributed by atoms with Gasteiger partial charge in [0.05, 0.1) is 0 Å². The lowest BCUT2D eigenvalue weighted by Crippen LogP contribution is -2.02. The normalized spacial score (nSPS) is 10.8. The highest BCUT2D eigenvalue weighted by Crippen LogP contribution is 1.97. The van der Waals surface area contributed by atoms with Gasteiger partial charge in [-0.15, -0.1) is 0 Å². The molecule has 0 aromatic heterocycles. The summed E-state index contributed by atoms with van der Waals surface area (Å²) in [6.45, 7) is 6.17. The number of ether oxygens (including phenoxy) is 1. The van der Waals surface area contributed by atoms with Crippen molar-refractivity contribution in [2.24, 2.45) is 5.92 Å². The zero-order chi connectivity index (χ0) is 7.82. The second-order valence-electron chi connectivity index (χ2n) is 2.86. The SMILES string of the molecule is CC(C)COCCCCBr. The summed E-state index contributed by atoms with van der Waals surface area (Å²) < 4.78 is 5.38. The molecule has 0 rings (SSSR count). The van der Waals surface area contributed by atoms with Crippen molar-refractivity contribution in [1.82, 2.24) is 0 Å². The maximum atomic E-state index is 5.38. The molecule has 0 unspecified atom stereocenters. The Labute approximate surface area is 72.3 Å². The first-order valence-electron chi connectivity index (χ1n) is 3.91. The molecular formula is C8H17BrO. The molecule has 0 atom stereocenters. The van der Waals surface area contributed by atoms with Crippen LogP contribution in [0.2, 0.25) is 0 Å².